The number of nitrogens with zero attached hydrogens (tertiary/aromatic N) is 3. The SMILES string of the molecule is CCn1c(=O)c2c(-c3cccc(OC)c3)[nH]c(=O)nc2n(CC)c1=O. The molecule has 3 aromatic rings. The lowest BCUT2D eigenvalue weighted by Crippen LogP contribution is -2.41. The standard InChI is InChI=1S/C17H18N4O4/c1-4-20-14-12(15(22)21(5-2)17(20)24)13(18-16(23)19-14)10-7-6-8-11(9-10)25-3/h6-9H,4-5H2,1-3H3,(H,18,19,23). The Morgan fingerprint density at radius 2 is 1.84 bits per heavy atom. The second kappa shape index (κ2) is 6.39. The highest BCUT2D eigenvalue weighted by molar-refractivity contribution is 5.89. The third-order valence-electron chi connectivity index (χ3n) is 4.08. The average Bonchev–Trinajstić information content (AvgIpc) is 2.61. The van der Waals surface area contributed by atoms with Gasteiger partial charge >= 0.3 is 11.4 Å². The Morgan fingerprint density at radius 3 is 2.48 bits per heavy atom. The van der Waals surface area contributed by atoms with Crippen LogP contribution in [0.15, 0.2) is 38.6 Å². The van der Waals surface area contributed by atoms with E-state index < -0.39 is 16.9 Å². The molecule has 0 amide bonds. The third kappa shape index (κ3) is 2.65. The van der Waals surface area contributed by atoms with E-state index in [1.807, 2.05) is 0 Å². The van der Waals surface area contributed by atoms with Crippen LogP contribution in [0.4, 0.5) is 0 Å². The molecule has 0 spiro atoms. The van der Waals surface area contributed by atoms with Gasteiger partial charge in [-0.05, 0) is 26.0 Å². The van der Waals surface area contributed by atoms with Gasteiger partial charge in [-0.15, -0.1) is 0 Å². The second-order valence-corrected chi connectivity index (χ2v) is 5.42. The Hall–Kier alpha value is -3.16. The summed E-state index contributed by atoms with van der Waals surface area (Å²) < 4.78 is 7.68. The Bertz CT molecular complexity index is 1120. The van der Waals surface area contributed by atoms with Crippen molar-refractivity contribution in [3.8, 4) is 17.0 Å². The number of aromatic nitrogens is 4. The van der Waals surface area contributed by atoms with E-state index in [9.17, 15) is 14.4 Å². The molecule has 0 unspecified atom stereocenters. The van der Waals surface area contributed by atoms with E-state index >= 15 is 0 Å². The van der Waals surface area contributed by atoms with E-state index in [1.165, 1.54) is 11.7 Å². The first kappa shape index (κ1) is 16.7. The molecule has 0 radical (unpaired) electrons. The molecule has 0 saturated heterocycles. The Kier molecular flexibility index (Phi) is 4.26. The summed E-state index contributed by atoms with van der Waals surface area (Å²) >= 11 is 0. The summed E-state index contributed by atoms with van der Waals surface area (Å²) in [5.41, 5.74) is -0.566. The summed E-state index contributed by atoms with van der Waals surface area (Å²) in [4.78, 5) is 43.9. The highest BCUT2D eigenvalue weighted by Crippen LogP contribution is 2.25. The molecule has 3 rings (SSSR count). The number of fused-ring (bicyclic) bond motifs is 1. The number of benzene rings is 1. The fourth-order valence-electron chi connectivity index (χ4n) is 2.88. The van der Waals surface area contributed by atoms with Crippen LogP contribution in [0.5, 0.6) is 5.75 Å². The predicted octanol–water partition coefficient (Wildman–Crippen LogP) is 0.962. The molecule has 25 heavy (non-hydrogen) atoms. The molecule has 8 heteroatoms. The Morgan fingerprint density at radius 1 is 1.12 bits per heavy atom. The van der Waals surface area contributed by atoms with E-state index in [4.69, 9.17) is 4.74 Å². The smallest absolute Gasteiger partial charge is 0.347 e. The highest BCUT2D eigenvalue weighted by Gasteiger charge is 2.18. The molecule has 0 fully saturated rings. The molecule has 0 bridgehead atoms. The van der Waals surface area contributed by atoms with Crippen LogP contribution in [0.25, 0.3) is 22.3 Å². The van der Waals surface area contributed by atoms with E-state index in [1.54, 1.807) is 38.1 Å². The minimum absolute atomic E-state index is 0.0868. The topological polar surface area (TPSA) is 99.0 Å². The van der Waals surface area contributed by atoms with E-state index in [0.717, 1.165) is 4.57 Å². The molecular weight excluding hydrogens is 324 g/mol. The van der Waals surface area contributed by atoms with Crippen molar-refractivity contribution < 1.29 is 4.74 Å². The number of nitrogens with one attached hydrogen (secondary N) is 1. The average molecular weight is 342 g/mol. The maximum Gasteiger partial charge on any atom is 0.347 e. The quantitative estimate of drug-likeness (QED) is 0.761. The number of H-pyrrole nitrogens is 1. The summed E-state index contributed by atoms with van der Waals surface area (Å²) in [5.74, 6) is 0.586. The monoisotopic (exact) mass is 342 g/mol. The van der Waals surface area contributed by atoms with Crippen LogP contribution in [0.2, 0.25) is 0 Å². The minimum atomic E-state index is -0.624. The van der Waals surface area contributed by atoms with Gasteiger partial charge < -0.3 is 9.72 Å². The molecule has 0 aliphatic carbocycles. The lowest BCUT2D eigenvalue weighted by atomic mass is 10.1. The lowest BCUT2D eigenvalue weighted by molar-refractivity contribution is 0.415. The second-order valence-electron chi connectivity index (χ2n) is 5.42. The van der Waals surface area contributed by atoms with Crippen LogP contribution in [0.3, 0.4) is 0 Å². The van der Waals surface area contributed by atoms with E-state index in [0.29, 0.717) is 23.6 Å². The van der Waals surface area contributed by atoms with E-state index in [2.05, 4.69) is 9.97 Å². The molecule has 1 aromatic carbocycles. The molecule has 0 aliphatic heterocycles. The van der Waals surface area contributed by atoms with Crippen molar-refractivity contribution in [1.82, 2.24) is 19.1 Å². The van der Waals surface area contributed by atoms with Crippen LogP contribution in [0.1, 0.15) is 13.8 Å². The molecular formula is C17H18N4O4. The van der Waals surface area contributed by atoms with Crippen molar-refractivity contribution in [1.29, 1.82) is 0 Å². The maximum absolute atomic E-state index is 12.9. The zero-order valence-corrected chi connectivity index (χ0v) is 14.2. The molecule has 0 saturated carbocycles. The lowest BCUT2D eigenvalue weighted by Gasteiger charge is -2.13. The molecule has 2 heterocycles. The Balaban J connectivity index is 2.54. The van der Waals surface area contributed by atoms with Crippen LogP contribution in [0, 0.1) is 0 Å². The summed E-state index contributed by atoms with van der Waals surface area (Å²) in [5, 5.41) is 0.205. The van der Waals surface area contributed by atoms with Crippen LogP contribution in [-0.4, -0.2) is 26.2 Å². The summed E-state index contributed by atoms with van der Waals surface area (Å²) in [6.45, 7) is 4.01. The number of methoxy groups -OCH3 is 1. The summed E-state index contributed by atoms with van der Waals surface area (Å²) in [6.07, 6.45) is 0. The molecule has 130 valence electrons. The van der Waals surface area contributed by atoms with Crippen LogP contribution in [-0.2, 0) is 13.1 Å². The number of rotatable bonds is 4. The van der Waals surface area contributed by atoms with Crippen molar-refractivity contribution in [2.45, 2.75) is 26.9 Å². The first-order chi connectivity index (χ1) is 12.0. The van der Waals surface area contributed by atoms with Crippen molar-refractivity contribution in [3.63, 3.8) is 0 Å². The molecule has 8 nitrogen and oxygen atoms in total. The third-order valence-corrected chi connectivity index (χ3v) is 4.08. The van der Waals surface area contributed by atoms with Gasteiger partial charge in [0.25, 0.3) is 5.56 Å². The van der Waals surface area contributed by atoms with Crippen LogP contribution < -0.4 is 21.7 Å². The molecule has 1 N–H and O–H groups in total. The Labute approximate surface area is 142 Å². The van der Waals surface area contributed by atoms with Gasteiger partial charge in [0.2, 0.25) is 0 Å². The van der Waals surface area contributed by atoms with Crippen LogP contribution >= 0.6 is 0 Å². The predicted molar refractivity (Wildman–Crippen MR) is 94.2 cm³/mol. The first-order valence-electron chi connectivity index (χ1n) is 7.93. The minimum Gasteiger partial charge on any atom is -0.497 e. The number of hydrogen-bond acceptors (Lipinski definition) is 5. The maximum atomic E-state index is 12.9. The van der Waals surface area contributed by atoms with Crippen molar-refractivity contribution in [2.24, 2.45) is 0 Å². The number of aryl methyl sites for hydroxylation is 1. The highest BCUT2D eigenvalue weighted by atomic mass is 16.5. The van der Waals surface area contributed by atoms with Gasteiger partial charge in [-0.3, -0.25) is 13.9 Å². The molecule has 2 aromatic heterocycles. The largest absolute Gasteiger partial charge is 0.497 e. The summed E-state index contributed by atoms with van der Waals surface area (Å²) in [7, 11) is 1.53. The normalized spacial score (nSPS) is 11.0. The van der Waals surface area contributed by atoms with Gasteiger partial charge in [0.15, 0.2) is 5.65 Å². The zero-order chi connectivity index (χ0) is 18.1. The number of aromatic amines is 1. The zero-order valence-electron chi connectivity index (χ0n) is 14.2. The summed E-state index contributed by atoms with van der Waals surface area (Å²) in [6, 6.07) is 6.98. The van der Waals surface area contributed by atoms with Crippen molar-refractivity contribution in [3.05, 3.63) is 55.6 Å². The fraction of sp³-hybridized carbons (Fsp3) is 0.294. The van der Waals surface area contributed by atoms with Gasteiger partial charge in [0.05, 0.1) is 12.8 Å². The van der Waals surface area contributed by atoms with Gasteiger partial charge in [0, 0.05) is 18.7 Å². The van der Waals surface area contributed by atoms with E-state index in [-0.39, 0.29) is 17.6 Å². The number of ether oxygens (including phenoxy) is 1. The van der Waals surface area contributed by atoms with Gasteiger partial charge in [-0.1, -0.05) is 12.1 Å². The van der Waals surface area contributed by atoms with Gasteiger partial charge in [-0.25, -0.2) is 9.59 Å². The first-order valence-corrected chi connectivity index (χ1v) is 7.93. The number of hydrogen-bond donors (Lipinski definition) is 1. The molecule has 0 aliphatic rings. The molecule has 0 atom stereocenters. The van der Waals surface area contributed by atoms with Crippen molar-refractivity contribution in [2.75, 3.05) is 7.11 Å². The van der Waals surface area contributed by atoms with Gasteiger partial charge in [-0.2, -0.15) is 4.98 Å². The van der Waals surface area contributed by atoms with Gasteiger partial charge in [0.1, 0.15) is 11.1 Å². The van der Waals surface area contributed by atoms with Crippen molar-refractivity contribution >= 4 is 11.0 Å². The fourth-order valence-corrected chi connectivity index (χ4v) is 2.88.